The highest BCUT2D eigenvalue weighted by Crippen LogP contribution is 2.17. The van der Waals surface area contributed by atoms with E-state index in [9.17, 15) is 37.5 Å². The average Bonchev–Trinajstić information content (AvgIpc) is 3.18. The number of carbonyl (C=O) groups is 5. The highest BCUT2D eigenvalue weighted by molar-refractivity contribution is 7.86. The monoisotopic (exact) mass is 845 g/mol. The third-order valence-electron chi connectivity index (χ3n) is 9.67. The molecule has 0 aliphatic carbocycles. The number of hydrogen-bond donors (Lipinski definition) is 6. The number of hydrogen-bond acceptors (Lipinski definition) is 12. The normalized spacial score (nSPS) is 16.6. The first-order valence-electron chi connectivity index (χ1n) is 20.2. The minimum absolute atomic E-state index is 0.000444. The molecule has 5 atom stereocenters. The van der Waals surface area contributed by atoms with Crippen LogP contribution in [0.4, 0.5) is 0 Å². The number of nitrogens with one attached hydrogen (secondary N) is 4. The average molecular weight is 846 g/mol. The maximum Gasteiger partial charge on any atom is 0.269 e. The fourth-order valence-corrected chi connectivity index (χ4v) is 7.28. The van der Waals surface area contributed by atoms with E-state index < -0.39 is 82.4 Å². The maximum atomic E-state index is 14.2. The predicted octanol–water partition coefficient (Wildman–Crippen LogP) is 0.884. The highest BCUT2D eigenvalue weighted by atomic mass is 32.2. The summed E-state index contributed by atoms with van der Waals surface area (Å²) in [6, 6.07) is 13.7. The Bertz CT molecular complexity index is 1750. The van der Waals surface area contributed by atoms with Crippen LogP contribution in [-0.4, -0.2) is 135 Å². The van der Waals surface area contributed by atoms with Crippen molar-refractivity contribution >= 4 is 39.5 Å². The number of carbonyl (C=O) groups excluding carboxylic acids is 5. The number of ether oxygens (including phenoxy) is 1. The molecule has 4 amide bonds. The number of amides is 4. The number of benzene rings is 2. The Hall–Kier alpha value is -4.26. The molecule has 6 N–H and O–H groups in total. The second kappa shape index (κ2) is 24.1. The fraction of sp³-hybridized carbons (Fsp3) is 0.595. The summed E-state index contributed by atoms with van der Waals surface area (Å²) in [4.78, 5) is 71.2. The number of aliphatic hydroxyl groups is 2. The predicted molar refractivity (Wildman–Crippen MR) is 221 cm³/mol. The van der Waals surface area contributed by atoms with Crippen molar-refractivity contribution in [2.75, 3.05) is 51.8 Å². The topological polar surface area (TPSA) is 230 Å². The molecular formula is C42H63N5O11S. The van der Waals surface area contributed by atoms with Gasteiger partial charge < -0.3 is 36.2 Å². The van der Waals surface area contributed by atoms with Crippen LogP contribution in [-0.2, 0) is 55.9 Å². The van der Waals surface area contributed by atoms with E-state index in [0.29, 0.717) is 38.3 Å². The highest BCUT2D eigenvalue weighted by Gasteiger charge is 2.40. The van der Waals surface area contributed by atoms with Crippen LogP contribution in [0.15, 0.2) is 60.7 Å². The lowest BCUT2D eigenvalue weighted by Gasteiger charge is -2.30. The van der Waals surface area contributed by atoms with E-state index in [2.05, 4.69) is 21.3 Å². The van der Waals surface area contributed by atoms with Crippen LogP contribution in [0.5, 0.6) is 0 Å². The summed E-state index contributed by atoms with van der Waals surface area (Å²) in [5.74, 6) is -4.21. The van der Waals surface area contributed by atoms with Gasteiger partial charge in [0.15, 0.2) is 5.78 Å². The molecule has 1 aliphatic rings. The number of nitrogens with zero attached hydrogens (tertiary/aromatic N) is 1. The molecule has 59 heavy (non-hydrogen) atoms. The molecule has 2 aromatic rings. The minimum Gasteiger partial charge on any atom is -0.395 e. The number of Topliss-reactive ketones (excluding diaryl/α,β-unsaturated/α-hetero) is 1. The molecule has 0 spiro atoms. The summed E-state index contributed by atoms with van der Waals surface area (Å²) in [5, 5.41) is 31.3. The molecule has 2 aromatic carbocycles. The van der Waals surface area contributed by atoms with Gasteiger partial charge in [-0.25, -0.2) is 0 Å². The van der Waals surface area contributed by atoms with Gasteiger partial charge in [0, 0.05) is 19.5 Å². The third-order valence-corrected chi connectivity index (χ3v) is 10.8. The Morgan fingerprint density at radius 3 is 1.85 bits per heavy atom. The Balaban J connectivity index is 1.85. The molecule has 0 radical (unpaired) electrons. The Kier molecular flexibility index (Phi) is 20.1. The van der Waals surface area contributed by atoms with Crippen molar-refractivity contribution in [1.29, 1.82) is 0 Å². The van der Waals surface area contributed by atoms with Gasteiger partial charge in [0.2, 0.25) is 23.6 Å². The molecule has 1 heterocycles. The second-order valence-electron chi connectivity index (χ2n) is 16.1. The molecular weight excluding hydrogens is 783 g/mol. The van der Waals surface area contributed by atoms with Crippen molar-refractivity contribution in [2.45, 2.75) is 96.5 Å². The van der Waals surface area contributed by atoms with Crippen LogP contribution in [0.25, 0.3) is 0 Å². The molecule has 0 bridgehead atoms. The SMILES string of the molecule is CC(C)C[C@H](NC(=O)[C@H](CCc1ccccc1)NC(=O)CN1CCOCC1)C(=O)N[C@@H](Cc1ccccc1)C(=O)N[C@@H](CC(C)C)C(=O)C(C)(O)COS(=O)(=O)CCO. The van der Waals surface area contributed by atoms with E-state index in [4.69, 9.17) is 14.0 Å². The van der Waals surface area contributed by atoms with Gasteiger partial charge in [0.1, 0.15) is 30.3 Å². The molecule has 1 aliphatic heterocycles. The minimum atomic E-state index is -4.25. The first kappa shape index (κ1) is 49.1. The van der Waals surface area contributed by atoms with E-state index >= 15 is 0 Å². The lowest BCUT2D eigenvalue weighted by atomic mass is 9.90. The Morgan fingerprint density at radius 2 is 1.27 bits per heavy atom. The van der Waals surface area contributed by atoms with Crippen molar-refractivity contribution < 1.29 is 51.5 Å². The summed E-state index contributed by atoms with van der Waals surface area (Å²) in [5.41, 5.74) is -0.703. The molecule has 328 valence electrons. The number of rotatable bonds is 25. The van der Waals surface area contributed by atoms with Gasteiger partial charge in [-0.3, -0.25) is 33.1 Å². The molecule has 17 heteroatoms. The standard InChI is InChI=1S/C42H63N5O11S/c1-29(2)24-34(38(50)42(5,54)28-58-59(55,56)23-20-48)44-41(53)36(26-32-14-10-7-11-15-32)46-40(52)35(25-30(3)4)45-39(51)33(17-16-31-12-8-6-9-13-31)43-37(49)27-47-18-21-57-22-19-47/h6-15,29-30,33-36,48,54H,16-28H2,1-5H3,(H,43,49)(H,44,53)(H,45,51)(H,46,52)/t33-,34-,35-,36-,42?/m0/s1. The number of aryl methyl sites for hydroxylation is 1. The number of aliphatic hydroxyl groups excluding tert-OH is 1. The van der Waals surface area contributed by atoms with Crippen molar-refractivity contribution in [3.63, 3.8) is 0 Å². The maximum absolute atomic E-state index is 14.2. The van der Waals surface area contributed by atoms with Gasteiger partial charge >= 0.3 is 0 Å². The van der Waals surface area contributed by atoms with Crippen LogP contribution >= 0.6 is 0 Å². The summed E-state index contributed by atoms with van der Waals surface area (Å²) < 4.78 is 34.3. The van der Waals surface area contributed by atoms with Crippen LogP contribution in [0.2, 0.25) is 0 Å². The van der Waals surface area contributed by atoms with E-state index in [-0.39, 0.29) is 50.0 Å². The van der Waals surface area contributed by atoms with E-state index in [0.717, 1.165) is 12.5 Å². The van der Waals surface area contributed by atoms with Gasteiger partial charge in [-0.15, -0.1) is 0 Å². The van der Waals surface area contributed by atoms with Crippen LogP contribution in [0.1, 0.15) is 65.0 Å². The molecule has 1 saturated heterocycles. The van der Waals surface area contributed by atoms with Crippen LogP contribution in [0, 0.1) is 11.8 Å². The van der Waals surface area contributed by atoms with Crippen LogP contribution in [0.3, 0.4) is 0 Å². The largest absolute Gasteiger partial charge is 0.395 e. The molecule has 16 nitrogen and oxygen atoms in total. The zero-order valence-electron chi connectivity index (χ0n) is 34.9. The summed E-state index contributed by atoms with van der Waals surface area (Å²) in [6.07, 6.45) is 0.988. The number of ketones is 1. The van der Waals surface area contributed by atoms with Crippen molar-refractivity contribution in [3.05, 3.63) is 71.8 Å². The van der Waals surface area contributed by atoms with Crippen molar-refractivity contribution in [2.24, 2.45) is 11.8 Å². The summed E-state index contributed by atoms with van der Waals surface area (Å²) >= 11 is 0. The zero-order valence-corrected chi connectivity index (χ0v) is 35.7. The van der Waals surface area contributed by atoms with Gasteiger partial charge in [0.25, 0.3) is 10.1 Å². The lowest BCUT2D eigenvalue weighted by molar-refractivity contribution is -0.143. The van der Waals surface area contributed by atoms with E-state index in [1.54, 1.807) is 44.2 Å². The Labute approximate surface area is 348 Å². The van der Waals surface area contributed by atoms with E-state index in [1.807, 2.05) is 49.1 Å². The molecule has 1 fully saturated rings. The summed E-state index contributed by atoms with van der Waals surface area (Å²) in [7, 11) is -4.25. The first-order valence-corrected chi connectivity index (χ1v) is 21.8. The van der Waals surface area contributed by atoms with Gasteiger partial charge in [0.05, 0.1) is 38.2 Å². The smallest absolute Gasteiger partial charge is 0.269 e. The molecule has 0 saturated carbocycles. The fourth-order valence-electron chi connectivity index (χ4n) is 6.53. The number of morpholine rings is 1. The third kappa shape index (κ3) is 17.9. The summed E-state index contributed by atoms with van der Waals surface area (Å²) in [6.45, 7) is 9.01. The van der Waals surface area contributed by atoms with Gasteiger partial charge in [-0.05, 0) is 55.6 Å². The van der Waals surface area contributed by atoms with Crippen molar-refractivity contribution in [1.82, 2.24) is 26.2 Å². The second-order valence-corrected chi connectivity index (χ2v) is 17.8. The van der Waals surface area contributed by atoms with E-state index in [1.165, 1.54) is 0 Å². The first-order chi connectivity index (χ1) is 27.9. The Morgan fingerprint density at radius 1 is 0.763 bits per heavy atom. The van der Waals surface area contributed by atoms with Gasteiger partial charge in [-0.2, -0.15) is 8.42 Å². The molecule has 3 rings (SSSR count). The zero-order chi connectivity index (χ0) is 43.6. The molecule has 0 aromatic heterocycles. The van der Waals surface area contributed by atoms with Crippen LogP contribution < -0.4 is 21.3 Å². The van der Waals surface area contributed by atoms with Gasteiger partial charge in [-0.1, -0.05) is 88.4 Å². The quantitative estimate of drug-likeness (QED) is 0.0766. The lowest BCUT2D eigenvalue weighted by Crippen LogP contribution is -2.60. The van der Waals surface area contributed by atoms with Crippen molar-refractivity contribution in [3.8, 4) is 0 Å². The molecule has 1 unspecified atom stereocenters.